The highest BCUT2D eigenvalue weighted by Crippen LogP contribution is 2.25. The first-order chi connectivity index (χ1) is 11.6. The van der Waals surface area contributed by atoms with Crippen molar-refractivity contribution in [2.75, 3.05) is 0 Å². The van der Waals surface area contributed by atoms with Crippen LogP contribution in [-0.4, -0.2) is 22.3 Å². The van der Waals surface area contributed by atoms with Gasteiger partial charge in [-0.1, -0.05) is 34.1 Å². The standard InChI is InChI=1S/C20H20BrNO2/c1-14(20(23)9-4-15-3-2-10-22-13-15)24-19-8-6-16-11-18(21)7-5-17(16)12-19/h2-3,5-8,10-14,20,23H,4,9H2,1H3. The number of hydrogen-bond donors (Lipinski definition) is 1. The van der Waals surface area contributed by atoms with Gasteiger partial charge in [0, 0.05) is 16.9 Å². The van der Waals surface area contributed by atoms with E-state index in [9.17, 15) is 5.11 Å². The van der Waals surface area contributed by atoms with Gasteiger partial charge in [-0.15, -0.1) is 0 Å². The number of nitrogens with zero attached hydrogens (tertiary/aromatic N) is 1. The van der Waals surface area contributed by atoms with Gasteiger partial charge in [0.25, 0.3) is 0 Å². The molecule has 3 nitrogen and oxygen atoms in total. The Hall–Kier alpha value is -1.91. The van der Waals surface area contributed by atoms with Crippen molar-refractivity contribution >= 4 is 26.7 Å². The van der Waals surface area contributed by atoms with Crippen LogP contribution in [0.5, 0.6) is 5.75 Å². The molecule has 3 rings (SSSR count). The minimum Gasteiger partial charge on any atom is -0.488 e. The number of aliphatic hydroxyl groups is 1. The molecule has 1 heterocycles. The molecule has 2 unspecified atom stereocenters. The number of halogens is 1. The number of aryl methyl sites for hydroxylation is 1. The number of ether oxygens (including phenoxy) is 1. The lowest BCUT2D eigenvalue weighted by Crippen LogP contribution is -2.29. The quantitative estimate of drug-likeness (QED) is 0.664. The summed E-state index contributed by atoms with van der Waals surface area (Å²) in [6, 6.07) is 16.1. The predicted molar refractivity (Wildman–Crippen MR) is 100 cm³/mol. The van der Waals surface area contributed by atoms with Gasteiger partial charge in [0.2, 0.25) is 0 Å². The number of rotatable bonds is 6. The molecule has 4 heteroatoms. The third-order valence-corrected chi connectivity index (χ3v) is 4.58. The van der Waals surface area contributed by atoms with Gasteiger partial charge in [-0.05, 0) is 66.4 Å². The smallest absolute Gasteiger partial charge is 0.122 e. The maximum absolute atomic E-state index is 10.3. The SMILES string of the molecule is CC(Oc1ccc2cc(Br)ccc2c1)C(O)CCc1cccnc1. The highest BCUT2D eigenvalue weighted by Gasteiger charge is 2.16. The summed E-state index contributed by atoms with van der Waals surface area (Å²) in [4.78, 5) is 4.09. The predicted octanol–water partition coefficient (Wildman–Crippen LogP) is 4.76. The minimum absolute atomic E-state index is 0.269. The molecular formula is C20H20BrNO2. The Balaban J connectivity index is 1.61. The normalized spacial score (nSPS) is 13.6. The van der Waals surface area contributed by atoms with Crippen LogP contribution in [-0.2, 0) is 6.42 Å². The summed E-state index contributed by atoms with van der Waals surface area (Å²) >= 11 is 3.48. The average molecular weight is 386 g/mol. The van der Waals surface area contributed by atoms with Gasteiger partial charge in [-0.25, -0.2) is 0 Å². The van der Waals surface area contributed by atoms with Crippen molar-refractivity contribution < 1.29 is 9.84 Å². The Morgan fingerprint density at radius 2 is 1.92 bits per heavy atom. The van der Waals surface area contributed by atoms with Crippen LogP contribution in [0, 0.1) is 0 Å². The zero-order chi connectivity index (χ0) is 16.9. The van der Waals surface area contributed by atoms with E-state index in [1.807, 2.05) is 49.5 Å². The first-order valence-corrected chi connectivity index (χ1v) is 8.84. The summed E-state index contributed by atoms with van der Waals surface area (Å²) in [5.74, 6) is 0.776. The number of hydrogen-bond acceptors (Lipinski definition) is 3. The summed E-state index contributed by atoms with van der Waals surface area (Å²) < 4.78 is 6.98. The second-order valence-corrected chi connectivity index (χ2v) is 6.86. The van der Waals surface area contributed by atoms with Crippen molar-refractivity contribution in [3.8, 4) is 5.75 Å². The van der Waals surface area contributed by atoms with Gasteiger partial charge in [-0.3, -0.25) is 4.98 Å². The fourth-order valence-corrected chi connectivity index (χ4v) is 3.04. The third kappa shape index (κ3) is 4.34. The highest BCUT2D eigenvalue weighted by atomic mass is 79.9. The molecule has 0 radical (unpaired) electrons. The maximum Gasteiger partial charge on any atom is 0.122 e. The van der Waals surface area contributed by atoms with E-state index in [0.29, 0.717) is 6.42 Å². The van der Waals surface area contributed by atoms with Crippen LogP contribution in [0.2, 0.25) is 0 Å². The Kier molecular flexibility index (Phi) is 5.48. The molecule has 2 aromatic carbocycles. The molecule has 124 valence electrons. The second-order valence-electron chi connectivity index (χ2n) is 5.94. The van der Waals surface area contributed by atoms with Gasteiger partial charge in [0.05, 0.1) is 6.10 Å². The average Bonchev–Trinajstić information content (AvgIpc) is 2.60. The Morgan fingerprint density at radius 3 is 2.71 bits per heavy atom. The third-order valence-electron chi connectivity index (χ3n) is 4.09. The van der Waals surface area contributed by atoms with Crippen molar-refractivity contribution in [3.05, 3.63) is 71.0 Å². The van der Waals surface area contributed by atoms with E-state index in [1.165, 1.54) is 0 Å². The molecule has 0 saturated carbocycles. The van der Waals surface area contributed by atoms with E-state index in [-0.39, 0.29) is 6.10 Å². The number of pyridine rings is 1. The summed E-state index contributed by atoms with van der Waals surface area (Å²) in [6.07, 6.45) is 4.23. The fourth-order valence-electron chi connectivity index (χ4n) is 2.66. The number of fused-ring (bicyclic) bond motifs is 1. The molecule has 0 aliphatic carbocycles. The van der Waals surface area contributed by atoms with Crippen LogP contribution >= 0.6 is 15.9 Å². The molecule has 0 amide bonds. The van der Waals surface area contributed by atoms with Gasteiger partial charge in [0.15, 0.2) is 0 Å². The van der Waals surface area contributed by atoms with E-state index in [2.05, 4.69) is 33.0 Å². The molecule has 0 spiro atoms. The Labute approximate surface area is 150 Å². The van der Waals surface area contributed by atoms with Crippen LogP contribution < -0.4 is 4.74 Å². The molecule has 0 aliphatic heterocycles. The first-order valence-electron chi connectivity index (χ1n) is 8.05. The minimum atomic E-state index is -0.522. The molecular weight excluding hydrogens is 366 g/mol. The first kappa shape index (κ1) is 16.9. The number of aliphatic hydroxyl groups excluding tert-OH is 1. The Bertz CT molecular complexity index is 807. The van der Waals surface area contributed by atoms with Crippen molar-refractivity contribution in [2.45, 2.75) is 32.0 Å². The fraction of sp³-hybridized carbons (Fsp3) is 0.250. The number of benzene rings is 2. The van der Waals surface area contributed by atoms with Crippen LogP contribution in [0.15, 0.2) is 65.4 Å². The van der Waals surface area contributed by atoms with Gasteiger partial charge in [0.1, 0.15) is 11.9 Å². The van der Waals surface area contributed by atoms with E-state index >= 15 is 0 Å². The molecule has 0 saturated heterocycles. The zero-order valence-corrected chi connectivity index (χ0v) is 15.1. The van der Waals surface area contributed by atoms with Crippen LogP contribution in [0.25, 0.3) is 10.8 Å². The lowest BCUT2D eigenvalue weighted by molar-refractivity contribution is 0.0421. The summed E-state index contributed by atoms with van der Waals surface area (Å²) in [7, 11) is 0. The molecule has 1 N–H and O–H groups in total. The van der Waals surface area contributed by atoms with Crippen molar-refractivity contribution in [1.82, 2.24) is 4.98 Å². The second kappa shape index (κ2) is 7.77. The monoisotopic (exact) mass is 385 g/mol. The largest absolute Gasteiger partial charge is 0.488 e. The number of aromatic nitrogens is 1. The van der Waals surface area contributed by atoms with Gasteiger partial charge < -0.3 is 9.84 Å². The van der Waals surface area contributed by atoms with E-state index in [1.54, 1.807) is 6.20 Å². The Morgan fingerprint density at radius 1 is 1.12 bits per heavy atom. The van der Waals surface area contributed by atoms with E-state index in [4.69, 9.17) is 4.74 Å². The molecule has 2 atom stereocenters. The topological polar surface area (TPSA) is 42.4 Å². The summed E-state index contributed by atoms with van der Waals surface area (Å²) in [5, 5.41) is 12.6. The molecule has 0 fully saturated rings. The molecule has 24 heavy (non-hydrogen) atoms. The zero-order valence-electron chi connectivity index (χ0n) is 13.5. The van der Waals surface area contributed by atoms with Crippen molar-refractivity contribution in [3.63, 3.8) is 0 Å². The lowest BCUT2D eigenvalue weighted by atomic mass is 10.1. The van der Waals surface area contributed by atoms with E-state index < -0.39 is 6.10 Å². The summed E-state index contributed by atoms with van der Waals surface area (Å²) in [5.41, 5.74) is 1.13. The van der Waals surface area contributed by atoms with Crippen LogP contribution in [0.4, 0.5) is 0 Å². The molecule has 1 aromatic heterocycles. The molecule has 3 aromatic rings. The van der Waals surface area contributed by atoms with E-state index in [0.717, 1.165) is 33.0 Å². The van der Waals surface area contributed by atoms with Crippen LogP contribution in [0.3, 0.4) is 0 Å². The van der Waals surface area contributed by atoms with Crippen molar-refractivity contribution in [1.29, 1.82) is 0 Å². The molecule has 0 aliphatic rings. The van der Waals surface area contributed by atoms with Crippen LogP contribution in [0.1, 0.15) is 18.9 Å². The summed E-state index contributed by atoms with van der Waals surface area (Å²) in [6.45, 7) is 1.90. The highest BCUT2D eigenvalue weighted by molar-refractivity contribution is 9.10. The lowest BCUT2D eigenvalue weighted by Gasteiger charge is -2.21. The van der Waals surface area contributed by atoms with Gasteiger partial charge in [-0.2, -0.15) is 0 Å². The maximum atomic E-state index is 10.3. The van der Waals surface area contributed by atoms with Crippen molar-refractivity contribution in [2.24, 2.45) is 0 Å². The molecule has 0 bridgehead atoms. The van der Waals surface area contributed by atoms with Gasteiger partial charge >= 0.3 is 0 Å².